The van der Waals surface area contributed by atoms with Crippen LogP contribution in [0, 0.1) is 0 Å². The first-order chi connectivity index (χ1) is 12.9. The molecule has 0 saturated heterocycles. The molecule has 2 aromatic carbocycles. The Balaban J connectivity index is 0.000000279. The van der Waals surface area contributed by atoms with Gasteiger partial charge in [0.1, 0.15) is 5.75 Å². The zero-order valence-corrected chi connectivity index (χ0v) is 16.9. The molecule has 0 aromatic heterocycles. The molecule has 0 saturated carbocycles. The maximum Gasteiger partial charge on any atom is 0.433 e. The first kappa shape index (κ1) is 22.3. The standard InChI is InChI=1S/C12H11NO2.C7H14N2O2S/c1-13-12(14)15-11-8-4-6-9-5-2-3-7-10(9)11;1-5(6(2)12-4)9-11-7(10)8-3/h2-8H,1H3,(H,13,14);6H,1-4H3,(H,8,10)/b;9-5+. The van der Waals surface area contributed by atoms with E-state index in [1.807, 2.05) is 56.5 Å². The SMILES string of the molecule is CNC(=O)O/N=C(\C)C(C)SC.CNC(=O)Oc1cccc2ccccc12. The van der Waals surface area contributed by atoms with Gasteiger partial charge in [-0.25, -0.2) is 9.59 Å². The maximum absolute atomic E-state index is 11.1. The number of rotatable bonds is 4. The smallest absolute Gasteiger partial charge is 0.410 e. The van der Waals surface area contributed by atoms with Gasteiger partial charge in [-0.15, -0.1) is 0 Å². The summed E-state index contributed by atoms with van der Waals surface area (Å²) in [5.41, 5.74) is 0.797. The van der Waals surface area contributed by atoms with E-state index in [1.165, 1.54) is 14.1 Å². The van der Waals surface area contributed by atoms with Gasteiger partial charge in [0.05, 0.1) is 5.71 Å². The number of benzene rings is 2. The van der Waals surface area contributed by atoms with Crippen molar-refractivity contribution in [1.82, 2.24) is 10.6 Å². The molecule has 2 aromatic rings. The van der Waals surface area contributed by atoms with Crippen LogP contribution in [0.15, 0.2) is 47.6 Å². The molecule has 1 atom stereocenters. The molecule has 0 aliphatic heterocycles. The number of nitrogens with one attached hydrogen (secondary N) is 2. The summed E-state index contributed by atoms with van der Waals surface area (Å²) in [5, 5.41) is 10.6. The second-order valence-electron chi connectivity index (χ2n) is 5.36. The Kier molecular flexibility index (Phi) is 9.74. The third-order valence-corrected chi connectivity index (χ3v) is 4.62. The number of oxime groups is 1. The van der Waals surface area contributed by atoms with Crippen molar-refractivity contribution in [2.75, 3.05) is 20.4 Å². The van der Waals surface area contributed by atoms with E-state index < -0.39 is 12.2 Å². The number of fused-ring (bicyclic) bond motifs is 1. The van der Waals surface area contributed by atoms with Crippen molar-refractivity contribution < 1.29 is 19.2 Å². The molecule has 27 heavy (non-hydrogen) atoms. The van der Waals surface area contributed by atoms with Crippen molar-refractivity contribution in [3.05, 3.63) is 42.5 Å². The molecule has 0 heterocycles. The van der Waals surface area contributed by atoms with E-state index in [9.17, 15) is 9.59 Å². The van der Waals surface area contributed by atoms with Gasteiger partial charge in [-0.05, 0) is 31.6 Å². The lowest BCUT2D eigenvalue weighted by atomic mass is 10.1. The fraction of sp³-hybridized carbons (Fsp3) is 0.316. The van der Waals surface area contributed by atoms with Crippen LogP contribution in [-0.2, 0) is 4.84 Å². The molecule has 2 rings (SSSR count). The monoisotopic (exact) mass is 391 g/mol. The second kappa shape index (κ2) is 11.8. The highest BCUT2D eigenvalue weighted by atomic mass is 32.2. The van der Waals surface area contributed by atoms with Crippen LogP contribution in [0.2, 0.25) is 0 Å². The summed E-state index contributed by atoms with van der Waals surface area (Å²) in [5.74, 6) is 0.576. The van der Waals surface area contributed by atoms with Gasteiger partial charge in [-0.3, -0.25) is 4.84 Å². The minimum atomic E-state index is -0.539. The van der Waals surface area contributed by atoms with Gasteiger partial charge < -0.3 is 15.4 Å². The van der Waals surface area contributed by atoms with E-state index in [0.29, 0.717) is 5.75 Å². The molecule has 2 amide bonds. The Labute approximate surface area is 163 Å². The number of hydrogen-bond acceptors (Lipinski definition) is 6. The van der Waals surface area contributed by atoms with E-state index in [-0.39, 0.29) is 5.25 Å². The molecular formula is C19H25N3O4S. The Hall–Kier alpha value is -2.74. The minimum absolute atomic E-state index is 0.273. The van der Waals surface area contributed by atoms with Crippen molar-refractivity contribution >= 4 is 40.4 Å². The van der Waals surface area contributed by atoms with Gasteiger partial charge in [0, 0.05) is 24.7 Å². The van der Waals surface area contributed by atoms with Gasteiger partial charge in [0.2, 0.25) is 0 Å². The summed E-state index contributed by atoms with van der Waals surface area (Å²) >= 11 is 1.65. The minimum Gasteiger partial charge on any atom is -0.410 e. The topological polar surface area (TPSA) is 89.0 Å². The van der Waals surface area contributed by atoms with E-state index in [0.717, 1.165) is 16.5 Å². The molecule has 0 spiro atoms. The van der Waals surface area contributed by atoms with E-state index in [1.54, 1.807) is 17.8 Å². The highest BCUT2D eigenvalue weighted by molar-refractivity contribution is 7.99. The largest absolute Gasteiger partial charge is 0.433 e. The van der Waals surface area contributed by atoms with Crippen LogP contribution in [0.25, 0.3) is 10.8 Å². The van der Waals surface area contributed by atoms with E-state index in [4.69, 9.17) is 4.74 Å². The van der Waals surface area contributed by atoms with Gasteiger partial charge >= 0.3 is 12.2 Å². The molecule has 146 valence electrons. The molecule has 0 fully saturated rings. The number of carbonyl (C=O) groups excluding carboxylic acids is 2. The highest BCUT2D eigenvalue weighted by Crippen LogP contribution is 2.24. The average Bonchev–Trinajstić information content (AvgIpc) is 2.71. The number of nitrogens with zero attached hydrogens (tertiary/aromatic N) is 1. The first-order valence-electron chi connectivity index (χ1n) is 8.26. The first-order valence-corrected chi connectivity index (χ1v) is 9.55. The lowest BCUT2D eigenvalue weighted by molar-refractivity contribution is 0.153. The number of thioether (sulfide) groups is 1. The fourth-order valence-electron chi connectivity index (χ4n) is 1.84. The number of hydrogen-bond donors (Lipinski definition) is 2. The maximum atomic E-state index is 11.1. The number of carbonyl (C=O) groups is 2. The zero-order chi connectivity index (χ0) is 20.2. The molecular weight excluding hydrogens is 366 g/mol. The van der Waals surface area contributed by atoms with Gasteiger partial charge in [0.25, 0.3) is 0 Å². The molecule has 7 nitrogen and oxygen atoms in total. The molecule has 1 unspecified atom stereocenters. The molecule has 0 aliphatic rings. The third-order valence-electron chi connectivity index (χ3n) is 3.57. The summed E-state index contributed by atoms with van der Waals surface area (Å²) < 4.78 is 5.13. The van der Waals surface area contributed by atoms with Gasteiger partial charge in [0.15, 0.2) is 0 Å². The summed E-state index contributed by atoms with van der Waals surface area (Å²) in [6.07, 6.45) is 0.984. The van der Waals surface area contributed by atoms with Crippen LogP contribution in [-0.4, -0.2) is 43.5 Å². The number of ether oxygens (including phenoxy) is 1. The lowest BCUT2D eigenvalue weighted by Crippen LogP contribution is -2.22. The molecule has 0 bridgehead atoms. The molecule has 2 N–H and O–H groups in total. The summed E-state index contributed by atoms with van der Waals surface area (Å²) in [4.78, 5) is 26.2. The third kappa shape index (κ3) is 7.57. The van der Waals surface area contributed by atoms with Crippen molar-refractivity contribution in [1.29, 1.82) is 0 Å². The Bertz CT molecular complexity index is 790. The summed E-state index contributed by atoms with van der Waals surface area (Å²) in [7, 11) is 3.03. The highest BCUT2D eigenvalue weighted by Gasteiger charge is 2.05. The summed E-state index contributed by atoms with van der Waals surface area (Å²) in [6, 6.07) is 13.4. The van der Waals surface area contributed by atoms with Gasteiger partial charge in [-0.1, -0.05) is 41.6 Å². The van der Waals surface area contributed by atoms with Crippen LogP contribution < -0.4 is 15.4 Å². The Morgan fingerprint density at radius 1 is 1.04 bits per heavy atom. The number of amides is 2. The molecule has 0 radical (unpaired) electrons. The van der Waals surface area contributed by atoms with Crippen LogP contribution in [0.4, 0.5) is 9.59 Å². The Morgan fingerprint density at radius 2 is 1.67 bits per heavy atom. The van der Waals surface area contributed by atoms with Crippen molar-refractivity contribution in [3.8, 4) is 5.75 Å². The average molecular weight is 391 g/mol. The molecule has 8 heteroatoms. The lowest BCUT2D eigenvalue weighted by Gasteiger charge is -2.06. The van der Waals surface area contributed by atoms with E-state index in [2.05, 4.69) is 20.6 Å². The Morgan fingerprint density at radius 3 is 2.30 bits per heavy atom. The van der Waals surface area contributed by atoms with Crippen molar-refractivity contribution in [3.63, 3.8) is 0 Å². The predicted octanol–water partition coefficient (Wildman–Crippen LogP) is 4.03. The fourth-order valence-corrected chi connectivity index (χ4v) is 2.22. The quantitative estimate of drug-likeness (QED) is 0.467. The normalized spacial score (nSPS) is 11.7. The zero-order valence-electron chi connectivity index (χ0n) is 16.1. The molecule has 0 aliphatic carbocycles. The van der Waals surface area contributed by atoms with Crippen molar-refractivity contribution in [2.24, 2.45) is 5.16 Å². The summed E-state index contributed by atoms with van der Waals surface area (Å²) in [6.45, 7) is 3.82. The van der Waals surface area contributed by atoms with Gasteiger partial charge in [-0.2, -0.15) is 11.8 Å². The van der Waals surface area contributed by atoms with Crippen LogP contribution >= 0.6 is 11.8 Å². The van der Waals surface area contributed by atoms with Crippen LogP contribution in [0.5, 0.6) is 5.75 Å². The predicted molar refractivity (Wildman–Crippen MR) is 111 cm³/mol. The second-order valence-corrected chi connectivity index (χ2v) is 6.53. The van der Waals surface area contributed by atoms with E-state index >= 15 is 0 Å². The van der Waals surface area contributed by atoms with Crippen LogP contribution in [0.1, 0.15) is 13.8 Å². The van der Waals surface area contributed by atoms with Crippen molar-refractivity contribution in [2.45, 2.75) is 19.1 Å². The van der Waals surface area contributed by atoms with Crippen LogP contribution in [0.3, 0.4) is 0 Å².